The summed E-state index contributed by atoms with van der Waals surface area (Å²) in [7, 11) is 0. The van der Waals surface area contributed by atoms with E-state index in [0.717, 1.165) is 12.1 Å². The zero-order chi connectivity index (χ0) is 14.9. The van der Waals surface area contributed by atoms with Gasteiger partial charge in [-0.2, -0.15) is 0 Å². The van der Waals surface area contributed by atoms with Crippen molar-refractivity contribution < 1.29 is 4.79 Å². The summed E-state index contributed by atoms with van der Waals surface area (Å²) in [5, 5.41) is 3.07. The van der Waals surface area contributed by atoms with Crippen molar-refractivity contribution in [2.24, 2.45) is 0 Å². The highest BCUT2D eigenvalue weighted by atomic mass is 16.1. The fraction of sp³-hybridized carbons (Fsp3) is 0.222. The van der Waals surface area contributed by atoms with Gasteiger partial charge in [-0.1, -0.05) is 42.5 Å². The van der Waals surface area contributed by atoms with E-state index in [1.165, 1.54) is 5.56 Å². The van der Waals surface area contributed by atoms with E-state index in [9.17, 15) is 4.79 Å². The molecule has 1 atom stereocenters. The first-order chi connectivity index (χ1) is 10.3. The summed E-state index contributed by atoms with van der Waals surface area (Å²) in [6.07, 6.45) is 5.39. The molecule has 1 N–H and O–H groups in total. The van der Waals surface area contributed by atoms with Crippen LogP contribution in [0.5, 0.6) is 0 Å². The molecular weight excluding hydrogens is 260 g/mol. The molecule has 0 fully saturated rings. The van der Waals surface area contributed by atoms with Crippen molar-refractivity contribution in [3.05, 3.63) is 78.6 Å². The minimum absolute atomic E-state index is 0.0292. The van der Waals surface area contributed by atoms with E-state index in [-0.39, 0.29) is 11.9 Å². The first kappa shape index (κ1) is 15.0. The second-order valence-corrected chi connectivity index (χ2v) is 4.89. The lowest BCUT2D eigenvalue weighted by Gasteiger charge is -2.18. The molecule has 0 spiro atoms. The fourth-order valence-corrected chi connectivity index (χ4v) is 2.16. The Labute approximate surface area is 125 Å². The van der Waals surface area contributed by atoms with Gasteiger partial charge in [-0.05, 0) is 30.5 Å². The minimum atomic E-state index is -0.106. The van der Waals surface area contributed by atoms with Crippen molar-refractivity contribution in [1.29, 1.82) is 0 Å². The average Bonchev–Trinajstić information content (AvgIpc) is 2.54. The van der Waals surface area contributed by atoms with Gasteiger partial charge in [-0.3, -0.25) is 9.78 Å². The van der Waals surface area contributed by atoms with Gasteiger partial charge >= 0.3 is 0 Å². The van der Waals surface area contributed by atoms with Crippen LogP contribution >= 0.6 is 0 Å². The average molecular weight is 280 g/mol. The molecular formula is C18H20N2O. The molecule has 1 heterocycles. The van der Waals surface area contributed by atoms with Gasteiger partial charge in [0.25, 0.3) is 0 Å². The van der Waals surface area contributed by atoms with Crippen molar-refractivity contribution in [3.8, 4) is 0 Å². The van der Waals surface area contributed by atoms with Crippen molar-refractivity contribution in [1.82, 2.24) is 10.3 Å². The van der Waals surface area contributed by atoms with Crippen LogP contribution in [0.15, 0.2) is 67.4 Å². The quantitative estimate of drug-likeness (QED) is 0.789. The monoisotopic (exact) mass is 280 g/mol. The Balaban J connectivity index is 2.11. The molecule has 1 aromatic carbocycles. The number of amides is 1. The van der Waals surface area contributed by atoms with Crippen LogP contribution in [0.3, 0.4) is 0 Å². The Bertz CT molecular complexity index is 566. The number of nitrogens with zero attached hydrogens (tertiary/aromatic N) is 1. The summed E-state index contributed by atoms with van der Waals surface area (Å²) in [4.78, 5) is 16.4. The van der Waals surface area contributed by atoms with E-state index in [2.05, 4.69) is 29.0 Å². The number of hydrogen-bond acceptors (Lipinski definition) is 2. The number of pyridine rings is 1. The lowest BCUT2D eigenvalue weighted by molar-refractivity contribution is -0.121. The van der Waals surface area contributed by atoms with Gasteiger partial charge < -0.3 is 5.32 Å². The van der Waals surface area contributed by atoms with Crippen LogP contribution in [0.2, 0.25) is 0 Å². The fourth-order valence-electron chi connectivity index (χ4n) is 2.16. The highest BCUT2D eigenvalue weighted by Crippen LogP contribution is 2.16. The lowest BCUT2D eigenvalue weighted by atomic mass is 10.0. The number of hydrogen-bond donors (Lipinski definition) is 1. The highest BCUT2D eigenvalue weighted by Gasteiger charge is 2.15. The van der Waals surface area contributed by atoms with E-state index < -0.39 is 0 Å². The molecule has 0 aliphatic heterocycles. The van der Waals surface area contributed by atoms with E-state index in [1.807, 2.05) is 36.4 Å². The topological polar surface area (TPSA) is 42.0 Å². The summed E-state index contributed by atoms with van der Waals surface area (Å²) in [6.45, 7) is 3.65. The van der Waals surface area contributed by atoms with Crippen LogP contribution < -0.4 is 5.32 Å². The molecule has 0 bridgehead atoms. The van der Waals surface area contributed by atoms with Crippen molar-refractivity contribution in [2.45, 2.75) is 25.3 Å². The van der Waals surface area contributed by atoms with Crippen LogP contribution in [-0.4, -0.2) is 10.9 Å². The van der Waals surface area contributed by atoms with E-state index >= 15 is 0 Å². The normalized spacial score (nSPS) is 11.6. The standard InChI is InChI=1S/C18H20N2O/c1-2-3-12-18(21)20-17(16-11-7-8-13-19-16)14-15-9-5-4-6-10-15/h2,4-11,13,17H,1,3,12,14H2,(H,20,21). The maximum Gasteiger partial charge on any atom is 0.220 e. The van der Waals surface area contributed by atoms with Gasteiger partial charge in [0.2, 0.25) is 5.91 Å². The summed E-state index contributed by atoms with van der Waals surface area (Å²) in [5.41, 5.74) is 2.06. The van der Waals surface area contributed by atoms with Crippen molar-refractivity contribution >= 4 is 5.91 Å². The SMILES string of the molecule is C=CCCC(=O)NC(Cc1ccccc1)c1ccccn1. The molecule has 21 heavy (non-hydrogen) atoms. The van der Waals surface area contributed by atoms with E-state index in [4.69, 9.17) is 0 Å². The maximum absolute atomic E-state index is 12.0. The van der Waals surface area contributed by atoms with Gasteiger partial charge in [-0.25, -0.2) is 0 Å². The predicted molar refractivity (Wildman–Crippen MR) is 84.7 cm³/mol. The molecule has 1 unspecified atom stereocenters. The summed E-state index contributed by atoms with van der Waals surface area (Å²) in [5.74, 6) is 0.0292. The smallest absolute Gasteiger partial charge is 0.220 e. The molecule has 0 radical (unpaired) electrons. The third-order valence-corrected chi connectivity index (χ3v) is 3.24. The second-order valence-electron chi connectivity index (χ2n) is 4.89. The first-order valence-electron chi connectivity index (χ1n) is 7.14. The molecule has 0 saturated heterocycles. The molecule has 1 amide bonds. The third kappa shape index (κ3) is 4.88. The molecule has 2 rings (SSSR count). The highest BCUT2D eigenvalue weighted by molar-refractivity contribution is 5.76. The largest absolute Gasteiger partial charge is 0.347 e. The van der Waals surface area contributed by atoms with Gasteiger partial charge in [0.15, 0.2) is 0 Å². The number of carbonyl (C=O) groups excluding carboxylic acids is 1. The van der Waals surface area contributed by atoms with Gasteiger partial charge in [0.1, 0.15) is 0 Å². The number of carbonyl (C=O) groups is 1. The Morgan fingerprint density at radius 2 is 1.95 bits per heavy atom. The summed E-state index contributed by atoms with van der Waals surface area (Å²) < 4.78 is 0. The van der Waals surface area contributed by atoms with Crippen molar-refractivity contribution in [3.63, 3.8) is 0 Å². The number of rotatable bonds is 7. The second kappa shape index (κ2) is 8.00. The molecule has 1 aromatic heterocycles. The maximum atomic E-state index is 12.0. The van der Waals surface area contributed by atoms with Crippen LogP contribution in [0.1, 0.15) is 30.1 Å². The zero-order valence-corrected chi connectivity index (χ0v) is 12.0. The summed E-state index contributed by atoms with van der Waals surface area (Å²) >= 11 is 0. The van der Waals surface area contributed by atoms with Gasteiger partial charge in [0.05, 0.1) is 11.7 Å². The Kier molecular flexibility index (Phi) is 5.71. The third-order valence-electron chi connectivity index (χ3n) is 3.24. The Morgan fingerprint density at radius 1 is 1.19 bits per heavy atom. The summed E-state index contributed by atoms with van der Waals surface area (Å²) in [6, 6.07) is 15.8. The number of aromatic nitrogens is 1. The lowest BCUT2D eigenvalue weighted by Crippen LogP contribution is -2.30. The molecule has 0 aliphatic carbocycles. The van der Waals surface area contributed by atoms with Crippen LogP contribution in [0.25, 0.3) is 0 Å². The van der Waals surface area contributed by atoms with E-state index in [0.29, 0.717) is 12.8 Å². The van der Waals surface area contributed by atoms with Crippen LogP contribution in [0.4, 0.5) is 0 Å². The first-order valence-corrected chi connectivity index (χ1v) is 7.14. The molecule has 0 aliphatic rings. The molecule has 0 saturated carbocycles. The molecule has 3 heteroatoms. The Hall–Kier alpha value is -2.42. The molecule has 3 nitrogen and oxygen atoms in total. The minimum Gasteiger partial charge on any atom is -0.347 e. The van der Waals surface area contributed by atoms with Crippen LogP contribution in [-0.2, 0) is 11.2 Å². The molecule has 2 aromatic rings. The number of benzene rings is 1. The van der Waals surface area contributed by atoms with Gasteiger partial charge in [-0.15, -0.1) is 6.58 Å². The van der Waals surface area contributed by atoms with E-state index in [1.54, 1.807) is 12.3 Å². The Morgan fingerprint density at radius 3 is 2.62 bits per heavy atom. The zero-order valence-electron chi connectivity index (χ0n) is 12.0. The predicted octanol–water partition coefficient (Wildman–Crippen LogP) is 3.45. The molecule has 108 valence electrons. The van der Waals surface area contributed by atoms with Gasteiger partial charge in [0, 0.05) is 12.6 Å². The van der Waals surface area contributed by atoms with Crippen LogP contribution in [0, 0.1) is 0 Å². The van der Waals surface area contributed by atoms with Crippen molar-refractivity contribution in [2.75, 3.05) is 0 Å². The number of allylic oxidation sites excluding steroid dienone is 1. The number of nitrogens with one attached hydrogen (secondary N) is 1.